The van der Waals surface area contributed by atoms with Crippen LogP contribution in [0.25, 0.3) is 10.9 Å². The Morgan fingerprint density at radius 1 is 1.05 bits per heavy atom. The molecule has 1 aromatic carbocycles. The van der Waals surface area contributed by atoms with Gasteiger partial charge in [-0.25, -0.2) is 4.98 Å². The fraction of sp³-hybridized carbons (Fsp3) is 0.0667. The predicted molar refractivity (Wildman–Crippen MR) is 79.6 cm³/mol. The van der Waals surface area contributed by atoms with Crippen LogP contribution in [-0.4, -0.2) is 9.97 Å². The molecule has 0 radical (unpaired) electrons. The summed E-state index contributed by atoms with van der Waals surface area (Å²) in [6.07, 6.45) is 1.57. The van der Waals surface area contributed by atoms with E-state index in [1.807, 2.05) is 37.3 Å². The lowest BCUT2D eigenvalue weighted by atomic mass is 10.2. The average Bonchev–Trinajstić information content (AvgIpc) is 2.43. The summed E-state index contributed by atoms with van der Waals surface area (Å²) in [4.78, 5) is 8.39. The van der Waals surface area contributed by atoms with E-state index in [-0.39, 0.29) is 5.82 Å². The summed E-state index contributed by atoms with van der Waals surface area (Å²) in [6.45, 7) is 1.92. The molecule has 0 atom stereocenters. The highest BCUT2D eigenvalue weighted by molar-refractivity contribution is 5.85. The van der Waals surface area contributed by atoms with Crippen LogP contribution in [0, 0.1) is 6.92 Å². The molecular formula is C15H14N4O. The summed E-state index contributed by atoms with van der Waals surface area (Å²) in [5.74, 6) is 1.45. The van der Waals surface area contributed by atoms with Crippen molar-refractivity contribution >= 4 is 22.4 Å². The van der Waals surface area contributed by atoms with Crippen molar-refractivity contribution in [2.45, 2.75) is 6.92 Å². The van der Waals surface area contributed by atoms with Crippen molar-refractivity contribution in [2.75, 3.05) is 11.5 Å². The van der Waals surface area contributed by atoms with Gasteiger partial charge in [0.2, 0.25) is 0 Å². The molecular weight excluding hydrogens is 252 g/mol. The fourth-order valence-electron chi connectivity index (χ4n) is 2.03. The molecule has 100 valence electrons. The average molecular weight is 266 g/mol. The minimum Gasteiger partial charge on any atom is -0.454 e. The van der Waals surface area contributed by atoms with E-state index in [1.165, 1.54) is 0 Å². The molecule has 2 aromatic heterocycles. The Bertz CT molecular complexity index is 786. The summed E-state index contributed by atoms with van der Waals surface area (Å²) in [7, 11) is 0. The van der Waals surface area contributed by atoms with Gasteiger partial charge in [-0.15, -0.1) is 0 Å². The lowest BCUT2D eigenvalue weighted by Gasteiger charge is -2.12. The summed E-state index contributed by atoms with van der Waals surface area (Å²) in [5, 5.41) is 0.924. The van der Waals surface area contributed by atoms with E-state index < -0.39 is 0 Å². The quantitative estimate of drug-likeness (QED) is 0.744. The number of aryl methyl sites for hydroxylation is 1. The van der Waals surface area contributed by atoms with Gasteiger partial charge >= 0.3 is 0 Å². The first kappa shape index (κ1) is 12.2. The molecule has 0 saturated heterocycles. The molecule has 0 spiro atoms. The normalized spacial score (nSPS) is 10.7. The molecule has 0 bridgehead atoms. The second kappa shape index (κ2) is 4.70. The van der Waals surface area contributed by atoms with Gasteiger partial charge in [0.1, 0.15) is 17.3 Å². The maximum absolute atomic E-state index is 5.90. The zero-order valence-corrected chi connectivity index (χ0v) is 11.0. The van der Waals surface area contributed by atoms with Crippen molar-refractivity contribution in [3.05, 3.63) is 48.3 Å². The standard InChI is InChI=1S/C15H14N4O/c1-9-8-13(10-4-2-3-5-11(10)19-9)20-12-6-7-18-15(17)14(12)16/h2-8H,16H2,1H3,(H2,17,18). The van der Waals surface area contributed by atoms with Gasteiger partial charge in [0.25, 0.3) is 0 Å². The van der Waals surface area contributed by atoms with Crippen LogP contribution >= 0.6 is 0 Å². The van der Waals surface area contributed by atoms with Crippen LogP contribution in [0.4, 0.5) is 11.5 Å². The molecule has 3 rings (SSSR count). The number of nitrogen functional groups attached to an aromatic ring is 2. The van der Waals surface area contributed by atoms with Crippen LogP contribution in [0.3, 0.4) is 0 Å². The highest BCUT2D eigenvalue weighted by Crippen LogP contribution is 2.34. The first-order valence-corrected chi connectivity index (χ1v) is 6.19. The fourth-order valence-corrected chi connectivity index (χ4v) is 2.03. The molecule has 0 aliphatic heterocycles. The minimum absolute atomic E-state index is 0.262. The summed E-state index contributed by atoms with van der Waals surface area (Å²) in [6, 6.07) is 11.3. The number of benzene rings is 1. The number of hydrogen-bond acceptors (Lipinski definition) is 5. The monoisotopic (exact) mass is 266 g/mol. The largest absolute Gasteiger partial charge is 0.454 e. The Kier molecular flexibility index (Phi) is 2.87. The van der Waals surface area contributed by atoms with Crippen molar-refractivity contribution in [3.8, 4) is 11.5 Å². The lowest BCUT2D eigenvalue weighted by molar-refractivity contribution is 0.489. The number of fused-ring (bicyclic) bond motifs is 1. The molecule has 2 heterocycles. The Morgan fingerprint density at radius 2 is 1.85 bits per heavy atom. The molecule has 3 aromatic rings. The van der Waals surface area contributed by atoms with Crippen LogP contribution in [0.15, 0.2) is 42.6 Å². The number of hydrogen-bond donors (Lipinski definition) is 2. The van der Waals surface area contributed by atoms with Gasteiger partial charge in [-0.2, -0.15) is 0 Å². The number of rotatable bonds is 2. The van der Waals surface area contributed by atoms with E-state index in [9.17, 15) is 0 Å². The van der Waals surface area contributed by atoms with Crippen molar-refractivity contribution in [1.29, 1.82) is 0 Å². The van der Waals surface area contributed by atoms with Crippen LogP contribution in [-0.2, 0) is 0 Å². The minimum atomic E-state index is 0.262. The van der Waals surface area contributed by atoms with Crippen LogP contribution in [0.2, 0.25) is 0 Å². The summed E-state index contributed by atoms with van der Waals surface area (Å²) >= 11 is 0. The smallest absolute Gasteiger partial charge is 0.155 e. The van der Waals surface area contributed by atoms with Crippen molar-refractivity contribution in [3.63, 3.8) is 0 Å². The topological polar surface area (TPSA) is 87.0 Å². The molecule has 5 heteroatoms. The predicted octanol–water partition coefficient (Wildman–Crippen LogP) is 2.89. The van der Waals surface area contributed by atoms with Gasteiger partial charge in [0, 0.05) is 29.4 Å². The number of pyridine rings is 2. The number of nitrogens with two attached hydrogens (primary N) is 2. The van der Waals surface area contributed by atoms with E-state index in [1.54, 1.807) is 12.3 Å². The zero-order valence-electron chi connectivity index (χ0n) is 11.0. The van der Waals surface area contributed by atoms with E-state index in [0.717, 1.165) is 16.6 Å². The van der Waals surface area contributed by atoms with Gasteiger partial charge in [0.15, 0.2) is 5.75 Å². The number of aromatic nitrogens is 2. The first-order chi connectivity index (χ1) is 9.65. The molecule has 0 aliphatic carbocycles. The van der Waals surface area contributed by atoms with Crippen molar-refractivity contribution in [2.24, 2.45) is 0 Å². The highest BCUT2D eigenvalue weighted by Gasteiger charge is 2.09. The van der Waals surface area contributed by atoms with E-state index >= 15 is 0 Å². The third kappa shape index (κ3) is 2.09. The zero-order chi connectivity index (χ0) is 14.1. The molecule has 5 nitrogen and oxygen atoms in total. The van der Waals surface area contributed by atoms with Crippen molar-refractivity contribution < 1.29 is 4.74 Å². The third-order valence-electron chi connectivity index (χ3n) is 3.01. The summed E-state index contributed by atoms with van der Waals surface area (Å²) in [5.41, 5.74) is 13.7. The number of ether oxygens (including phenoxy) is 1. The lowest BCUT2D eigenvalue weighted by Crippen LogP contribution is -2.00. The Hall–Kier alpha value is -2.82. The van der Waals surface area contributed by atoms with Crippen molar-refractivity contribution in [1.82, 2.24) is 9.97 Å². The molecule has 0 amide bonds. The Morgan fingerprint density at radius 3 is 2.70 bits per heavy atom. The first-order valence-electron chi connectivity index (χ1n) is 6.19. The second-order valence-electron chi connectivity index (χ2n) is 4.49. The second-order valence-corrected chi connectivity index (χ2v) is 4.49. The summed E-state index contributed by atoms with van der Waals surface area (Å²) < 4.78 is 5.90. The van der Waals surface area contributed by atoms with Crippen LogP contribution < -0.4 is 16.2 Å². The van der Waals surface area contributed by atoms with Crippen LogP contribution in [0.1, 0.15) is 5.69 Å². The SMILES string of the molecule is Cc1cc(Oc2ccnc(N)c2N)c2ccccc2n1. The number of para-hydroxylation sites is 1. The molecule has 0 fully saturated rings. The van der Waals surface area contributed by atoms with E-state index in [4.69, 9.17) is 16.2 Å². The maximum atomic E-state index is 5.90. The van der Waals surface area contributed by atoms with Gasteiger partial charge < -0.3 is 16.2 Å². The molecule has 20 heavy (non-hydrogen) atoms. The Labute approximate surface area is 116 Å². The molecule has 0 unspecified atom stereocenters. The van der Waals surface area contributed by atoms with E-state index in [2.05, 4.69) is 9.97 Å². The van der Waals surface area contributed by atoms with Gasteiger partial charge in [-0.3, -0.25) is 4.98 Å². The third-order valence-corrected chi connectivity index (χ3v) is 3.01. The van der Waals surface area contributed by atoms with Gasteiger partial charge in [-0.1, -0.05) is 12.1 Å². The van der Waals surface area contributed by atoms with Gasteiger partial charge in [-0.05, 0) is 19.1 Å². The molecule has 4 N–H and O–H groups in total. The Balaban J connectivity index is 2.13. The van der Waals surface area contributed by atoms with E-state index in [0.29, 0.717) is 17.2 Å². The number of anilines is 2. The van der Waals surface area contributed by atoms with Crippen LogP contribution in [0.5, 0.6) is 11.5 Å². The number of nitrogens with zero attached hydrogens (tertiary/aromatic N) is 2. The highest BCUT2D eigenvalue weighted by atomic mass is 16.5. The maximum Gasteiger partial charge on any atom is 0.155 e. The molecule has 0 saturated carbocycles. The molecule has 0 aliphatic rings. The van der Waals surface area contributed by atoms with Gasteiger partial charge in [0.05, 0.1) is 5.52 Å².